The van der Waals surface area contributed by atoms with Crippen molar-refractivity contribution in [1.29, 1.82) is 0 Å². The number of amides is 1. The summed E-state index contributed by atoms with van der Waals surface area (Å²) in [7, 11) is 0. The van der Waals surface area contributed by atoms with E-state index in [0.29, 0.717) is 17.3 Å². The van der Waals surface area contributed by atoms with Crippen molar-refractivity contribution in [2.45, 2.75) is 33.4 Å². The predicted molar refractivity (Wildman–Crippen MR) is 116 cm³/mol. The first kappa shape index (κ1) is 20.5. The first-order valence-corrected chi connectivity index (χ1v) is 10.0. The molecule has 2 heterocycles. The van der Waals surface area contributed by atoms with Gasteiger partial charge in [0, 0.05) is 17.0 Å². The molecule has 0 saturated carbocycles. The Kier molecular flexibility index (Phi) is 5.66. The number of carbonyl (C=O) groups excluding carboxylic acids is 1. The van der Waals surface area contributed by atoms with Crippen molar-refractivity contribution < 1.29 is 13.7 Å². The molecule has 1 atom stereocenters. The number of hydrogen-bond acceptors (Lipinski definition) is 4. The third kappa shape index (κ3) is 4.40. The summed E-state index contributed by atoms with van der Waals surface area (Å²) in [5, 5.41) is 7.05. The summed E-state index contributed by atoms with van der Waals surface area (Å²) in [5.74, 6) is 0.337. The van der Waals surface area contributed by atoms with Crippen molar-refractivity contribution in [3.8, 4) is 22.8 Å². The van der Waals surface area contributed by atoms with Gasteiger partial charge < -0.3 is 14.4 Å². The average molecular weight is 418 g/mol. The van der Waals surface area contributed by atoms with Crippen LogP contribution in [-0.2, 0) is 11.3 Å². The maximum atomic E-state index is 13.2. The summed E-state index contributed by atoms with van der Waals surface area (Å²) in [4.78, 5) is 17.1. The normalized spacial score (nSPS) is 12.0. The van der Waals surface area contributed by atoms with Gasteiger partial charge in [-0.05, 0) is 56.7 Å². The Balaban J connectivity index is 1.51. The van der Waals surface area contributed by atoms with Crippen molar-refractivity contribution in [1.82, 2.24) is 20.0 Å². The molecular formula is C24H23FN4O2. The average Bonchev–Trinajstić information content (AvgIpc) is 3.35. The van der Waals surface area contributed by atoms with Crippen LogP contribution in [0.25, 0.3) is 22.8 Å². The van der Waals surface area contributed by atoms with Gasteiger partial charge in [-0.3, -0.25) is 4.79 Å². The molecule has 7 heteroatoms. The summed E-state index contributed by atoms with van der Waals surface area (Å²) in [5.41, 5.74) is 4.25. The van der Waals surface area contributed by atoms with Crippen LogP contribution >= 0.6 is 0 Å². The number of hydrogen-bond donors (Lipinski definition) is 1. The summed E-state index contributed by atoms with van der Waals surface area (Å²) in [6.07, 6.45) is 0. The molecule has 0 unspecified atom stereocenters. The van der Waals surface area contributed by atoms with E-state index in [1.165, 1.54) is 12.1 Å². The zero-order valence-electron chi connectivity index (χ0n) is 17.6. The largest absolute Gasteiger partial charge is 0.348 e. The van der Waals surface area contributed by atoms with Gasteiger partial charge in [0.2, 0.25) is 11.7 Å². The first-order valence-electron chi connectivity index (χ1n) is 10.0. The fourth-order valence-electron chi connectivity index (χ4n) is 3.57. The van der Waals surface area contributed by atoms with Crippen LogP contribution in [0.3, 0.4) is 0 Å². The van der Waals surface area contributed by atoms with Crippen LogP contribution in [0, 0.1) is 19.7 Å². The van der Waals surface area contributed by atoms with Gasteiger partial charge in [-0.15, -0.1) is 0 Å². The SMILES string of the molecule is Cc1cc(-c2nc(-c3ccc(F)cc3)no2)c(C)n1CC(=O)N[C@H](C)c1ccccc1. The second kappa shape index (κ2) is 8.55. The second-order valence-corrected chi connectivity index (χ2v) is 7.50. The minimum atomic E-state index is -0.323. The van der Waals surface area contributed by atoms with E-state index >= 15 is 0 Å². The van der Waals surface area contributed by atoms with E-state index in [2.05, 4.69) is 15.5 Å². The molecule has 0 radical (unpaired) electrons. The van der Waals surface area contributed by atoms with E-state index < -0.39 is 0 Å². The first-order chi connectivity index (χ1) is 14.9. The molecule has 31 heavy (non-hydrogen) atoms. The van der Waals surface area contributed by atoms with Gasteiger partial charge in [-0.25, -0.2) is 4.39 Å². The molecule has 0 fully saturated rings. The number of halogens is 1. The van der Waals surface area contributed by atoms with Gasteiger partial charge in [0.25, 0.3) is 5.89 Å². The zero-order valence-corrected chi connectivity index (χ0v) is 17.6. The van der Waals surface area contributed by atoms with Crippen LogP contribution in [0.2, 0.25) is 0 Å². The Morgan fingerprint density at radius 2 is 1.84 bits per heavy atom. The molecule has 0 saturated heterocycles. The van der Waals surface area contributed by atoms with E-state index in [1.807, 2.05) is 61.7 Å². The third-order valence-electron chi connectivity index (χ3n) is 5.31. The van der Waals surface area contributed by atoms with Crippen molar-refractivity contribution >= 4 is 5.91 Å². The molecule has 0 bridgehead atoms. The van der Waals surface area contributed by atoms with Crippen molar-refractivity contribution in [2.75, 3.05) is 0 Å². The van der Waals surface area contributed by atoms with E-state index in [0.717, 1.165) is 22.5 Å². The quantitative estimate of drug-likeness (QED) is 0.486. The van der Waals surface area contributed by atoms with E-state index in [4.69, 9.17) is 4.52 Å². The molecule has 158 valence electrons. The van der Waals surface area contributed by atoms with Crippen LogP contribution in [0.15, 0.2) is 65.2 Å². The van der Waals surface area contributed by atoms with Gasteiger partial charge >= 0.3 is 0 Å². The molecule has 4 rings (SSSR count). The number of aryl methyl sites for hydroxylation is 1. The van der Waals surface area contributed by atoms with Crippen LogP contribution in [0.1, 0.15) is 29.9 Å². The summed E-state index contributed by atoms with van der Waals surface area (Å²) in [6, 6.07) is 17.6. The molecule has 1 N–H and O–H groups in total. The Bertz CT molecular complexity index is 1200. The Hall–Kier alpha value is -3.74. The number of aromatic nitrogens is 3. The summed E-state index contributed by atoms with van der Waals surface area (Å²) in [6.45, 7) is 6.00. The number of carbonyl (C=O) groups is 1. The zero-order chi connectivity index (χ0) is 22.0. The van der Waals surface area contributed by atoms with Gasteiger partial charge in [-0.1, -0.05) is 35.5 Å². The standard InChI is InChI=1S/C24H23FN4O2/c1-15-13-21(24-27-23(28-31-24)19-9-11-20(25)12-10-19)17(3)29(15)14-22(30)26-16(2)18-7-5-4-6-8-18/h4-13,16H,14H2,1-3H3,(H,26,30)/t16-/m1/s1. The Morgan fingerprint density at radius 1 is 1.13 bits per heavy atom. The molecule has 4 aromatic rings. The van der Waals surface area contributed by atoms with Gasteiger partial charge in [0.15, 0.2) is 0 Å². The highest BCUT2D eigenvalue weighted by Crippen LogP contribution is 2.28. The topological polar surface area (TPSA) is 73.0 Å². The maximum absolute atomic E-state index is 13.2. The van der Waals surface area contributed by atoms with E-state index in [-0.39, 0.29) is 24.3 Å². The number of nitrogens with zero attached hydrogens (tertiary/aromatic N) is 3. The second-order valence-electron chi connectivity index (χ2n) is 7.50. The summed E-state index contributed by atoms with van der Waals surface area (Å²) < 4.78 is 20.5. The highest BCUT2D eigenvalue weighted by molar-refractivity contribution is 5.77. The number of rotatable bonds is 6. The maximum Gasteiger partial charge on any atom is 0.260 e. The molecule has 0 aliphatic rings. The fraction of sp³-hybridized carbons (Fsp3) is 0.208. The lowest BCUT2D eigenvalue weighted by Gasteiger charge is -2.16. The summed E-state index contributed by atoms with van der Waals surface area (Å²) >= 11 is 0. The molecule has 0 spiro atoms. The smallest absolute Gasteiger partial charge is 0.260 e. The van der Waals surface area contributed by atoms with Crippen LogP contribution in [0.5, 0.6) is 0 Å². The molecule has 6 nitrogen and oxygen atoms in total. The fourth-order valence-corrected chi connectivity index (χ4v) is 3.57. The van der Waals surface area contributed by atoms with Crippen LogP contribution < -0.4 is 5.32 Å². The minimum absolute atomic E-state index is 0.0813. The van der Waals surface area contributed by atoms with Gasteiger partial charge in [0.1, 0.15) is 12.4 Å². The third-order valence-corrected chi connectivity index (χ3v) is 5.31. The van der Waals surface area contributed by atoms with E-state index in [1.54, 1.807) is 12.1 Å². The lowest BCUT2D eigenvalue weighted by Crippen LogP contribution is -2.30. The van der Waals surface area contributed by atoms with Crippen molar-refractivity contribution in [3.63, 3.8) is 0 Å². The van der Waals surface area contributed by atoms with Gasteiger partial charge in [-0.2, -0.15) is 4.98 Å². The molecule has 0 aliphatic carbocycles. The molecule has 2 aromatic carbocycles. The molecule has 0 aliphatic heterocycles. The lowest BCUT2D eigenvalue weighted by molar-refractivity contribution is -0.122. The molecular weight excluding hydrogens is 395 g/mol. The molecule has 2 aromatic heterocycles. The lowest BCUT2D eigenvalue weighted by atomic mass is 10.1. The van der Waals surface area contributed by atoms with Crippen LogP contribution in [-0.4, -0.2) is 20.6 Å². The Labute approximate surface area is 179 Å². The van der Waals surface area contributed by atoms with Crippen LogP contribution in [0.4, 0.5) is 4.39 Å². The minimum Gasteiger partial charge on any atom is -0.348 e. The van der Waals surface area contributed by atoms with Crippen molar-refractivity contribution in [3.05, 3.63) is 83.4 Å². The monoisotopic (exact) mass is 418 g/mol. The van der Waals surface area contributed by atoms with E-state index in [9.17, 15) is 9.18 Å². The van der Waals surface area contributed by atoms with Gasteiger partial charge in [0.05, 0.1) is 11.6 Å². The van der Waals surface area contributed by atoms with Crippen molar-refractivity contribution in [2.24, 2.45) is 0 Å². The highest BCUT2D eigenvalue weighted by Gasteiger charge is 2.19. The molecule has 1 amide bonds. The highest BCUT2D eigenvalue weighted by atomic mass is 19.1. The Morgan fingerprint density at radius 3 is 2.55 bits per heavy atom. The number of benzene rings is 2. The predicted octanol–water partition coefficient (Wildman–Crippen LogP) is 4.84. The number of nitrogens with one attached hydrogen (secondary N) is 1.